The SMILES string of the molecule is CCN1CCN(c2nc(COC)cc(=O)[nH]2)CC1. The molecule has 0 spiro atoms. The van der Waals surface area contributed by atoms with Crippen molar-refractivity contribution in [1.82, 2.24) is 14.9 Å². The Morgan fingerprint density at radius 3 is 2.72 bits per heavy atom. The van der Waals surface area contributed by atoms with Crippen molar-refractivity contribution in [3.63, 3.8) is 0 Å². The van der Waals surface area contributed by atoms with E-state index in [9.17, 15) is 4.79 Å². The molecule has 0 radical (unpaired) electrons. The Morgan fingerprint density at radius 2 is 2.11 bits per heavy atom. The number of likely N-dealkylation sites (N-methyl/N-ethyl adjacent to an activating group) is 1. The van der Waals surface area contributed by atoms with Crippen molar-refractivity contribution in [3.8, 4) is 0 Å². The number of anilines is 1. The van der Waals surface area contributed by atoms with Gasteiger partial charge in [0.1, 0.15) is 0 Å². The lowest BCUT2D eigenvalue weighted by atomic mass is 10.3. The highest BCUT2D eigenvalue weighted by Crippen LogP contribution is 2.10. The second kappa shape index (κ2) is 5.97. The van der Waals surface area contributed by atoms with E-state index in [0.29, 0.717) is 18.2 Å². The molecule has 100 valence electrons. The summed E-state index contributed by atoms with van der Waals surface area (Å²) >= 11 is 0. The van der Waals surface area contributed by atoms with Crippen LogP contribution in [0.3, 0.4) is 0 Å². The molecule has 0 aromatic carbocycles. The Bertz CT molecular complexity index is 438. The molecule has 2 rings (SSSR count). The molecule has 2 heterocycles. The second-order valence-electron chi connectivity index (χ2n) is 4.41. The first-order valence-corrected chi connectivity index (χ1v) is 6.29. The van der Waals surface area contributed by atoms with E-state index in [-0.39, 0.29) is 5.56 Å². The lowest BCUT2D eigenvalue weighted by Crippen LogP contribution is -2.47. The van der Waals surface area contributed by atoms with E-state index in [2.05, 4.69) is 26.7 Å². The first-order valence-electron chi connectivity index (χ1n) is 6.29. The van der Waals surface area contributed by atoms with Gasteiger partial charge in [-0.2, -0.15) is 0 Å². The van der Waals surface area contributed by atoms with Crippen LogP contribution in [-0.4, -0.2) is 54.7 Å². The van der Waals surface area contributed by atoms with Crippen LogP contribution in [0.15, 0.2) is 10.9 Å². The highest BCUT2D eigenvalue weighted by atomic mass is 16.5. The molecule has 1 N–H and O–H groups in total. The van der Waals surface area contributed by atoms with Gasteiger partial charge in [0, 0.05) is 39.4 Å². The Morgan fingerprint density at radius 1 is 1.39 bits per heavy atom. The minimum Gasteiger partial charge on any atom is -0.378 e. The van der Waals surface area contributed by atoms with Crippen molar-refractivity contribution in [2.45, 2.75) is 13.5 Å². The molecular weight excluding hydrogens is 232 g/mol. The van der Waals surface area contributed by atoms with Gasteiger partial charge in [-0.1, -0.05) is 6.92 Å². The third-order valence-electron chi connectivity index (χ3n) is 3.19. The predicted octanol–water partition coefficient (Wildman–Crippen LogP) is 0.0582. The number of aromatic amines is 1. The zero-order chi connectivity index (χ0) is 13.0. The number of H-pyrrole nitrogens is 1. The summed E-state index contributed by atoms with van der Waals surface area (Å²) in [6.45, 7) is 7.41. The van der Waals surface area contributed by atoms with Crippen LogP contribution in [0.2, 0.25) is 0 Å². The number of hydrogen-bond acceptors (Lipinski definition) is 5. The highest BCUT2D eigenvalue weighted by molar-refractivity contribution is 5.31. The molecule has 0 bridgehead atoms. The number of rotatable bonds is 4. The van der Waals surface area contributed by atoms with Gasteiger partial charge in [0.2, 0.25) is 5.95 Å². The molecule has 0 saturated carbocycles. The van der Waals surface area contributed by atoms with E-state index in [1.165, 1.54) is 6.07 Å². The number of piperazine rings is 1. The normalized spacial score (nSPS) is 17.1. The fourth-order valence-corrected chi connectivity index (χ4v) is 2.14. The number of nitrogens with zero attached hydrogens (tertiary/aromatic N) is 3. The van der Waals surface area contributed by atoms with E-state index >= 15 is 0 Å². The third kappa shape index (κ3) is 3.08. The Balaban J connectivity index is 2.11. The number of nitrogens with one attached hydrogen (secondary N) is 1. The van der Waals surface area contributed by atoms with Gasteiger partial charge in [-0.3, -0.25) is 9.78 Å². The monoisotopic (exact) mass is 252 g/mol. The smallest absolute Gasteiger partial charge is 0.252 e. The van der Waals surface area contributed by atoms with Crippen LogP contribution in [0.1, 0.15) is 12.6 Å². The van der Waals surface area contributed by atoms with Crippen LogP contribution in [0.4, 0.5) is 5.95 Å². The lowest BCUT2D eigenvalue weighted by molar-refractivity contribution is 0.181. The molecule has 18 heavy (non-hydrogen) atoms. The molecule has 0 unspecified atom stereocenters. The molecule has 1 aromatic rings. The van der Waals surface area contributed by atoms with E-state index in [0.717, 1.165) is 32.7 Å². The first-order chi connectivity index (χ1) is 8.72. The lowest BCUT2D eigenvalue weighted by Gasteiger charge is -2.34. The van der Waals surface area contributed by atoms with Gasteiger partial charge >= 0.3 is 0 Å². The van der Waals surface area contributed by atoms with Crippen molar-refractivity contribution >= 4 is 5.95 Å². The van der Waals surface area contributed by atoms with E-state index in [1.807, 2.05) is 0 Å². The van der Waals surface area contributed by atoms with Crippen LogP contribution < -0.4 is 10.5 Å². The Kier molecular flexibility index (Phi) is 4.33. The quantitative estimate of drug-likeness (QED) is 0.821. The first kappa shape index (κ1) is 13.0. The fraction of sp³-hybridized carbons (Fsp3) is 0.667. The average molecular weight is 252 g/mol. The largest absolute Gasteiger partial charge is 0.378 e. The maximum Gasteiger partial charge on any atom is 0.252 e. The zero-order valence-electron chi connectivity index (χ0n) is 11.0. The molecule has 0 atom stereocenters. The van der Waals surface area contributed by atoms with E-state index in [1.54, 1.807) is 7.11 Å². The van der Waals surface area contributed by atoms with Gasteiger partial charge in [-0.15, -0.1) is 0 Å². The van der Waals surface area contributed by atoms with Crippen LogP contribution >= 0.6 is 0 Å². The van der Waals surface area contributed by atoms with Crippen LogP contribution in [-0.2, 0) is 11.3 Å². The van der Waals surface area contributed by atoms with E-state index in [4.69, 9.17) is 4.74 Å². The highest BCUT2D eigenvalue weighted by Gasteiger charge is 2.17. The van der Waals surface area contributed by atoms with Crippen LogP contribution in [0.25, 0.3) is 0 Å². The summed E-state index contributed by atoms with van der Waals surface area (Å²) < 4.78 is 5.02. The standard InChI is InChI=1S/C12H20N4O2/c1-3-15-4-6-16(7-5-15)12-13-10(9-18-2)8-11(17)14-12/h8H,3-7,9H2,1-2H3,(H,13,14,17). The molecule has 6 nitrogen and oxygen atoms in total. The maximum atomic E-state index is 11.6. The number of methoxy groups -OCH3 is 1. The van der Waals surface area contributed by atoms with Gasteiger partial charge in [-0.25, -0.2) is 4.98 Å². The van der Waals surface area contributed by atoms with Crippen molar-refractivity contribution in [3.05, 3.63) is 22.1 Å². The van der Waals surface area contributed by atoms with Crippen molar-refractivity contribution in [2.75, 3.05) is 44.7 Å². The average Bonchev–Trinajstić information content (AvgIpc) is 2.38. The van der Waals surface area contributed by atoms with Crippen LogP contribution in [0.5, 0.6) is 0 Å². The van der Waals surface area contributed by atoms with Gasteiger partial charge in [0.15, 0.2) is 0 Å². The maximum absolute atomic E-state index is 11.6. The van der Waals surface area contributed by atoms with Gasteiger partial charge in [-0.05, 0) is 6.54 Å². The summed E-state index contributed by atoms with van der Waals surface area (Å²) in [6.07, 6.45) is 0. The van der Waals surface area contributed by atoms with E-state index < -0.39 is 0 Å². The zero-order valence-corrected chi connectivity index (χ0v) is 11.0. The van der Waals surface area contributed by atoms with Gasteiger partial charge in [0.25, 0.3) is 5.56 Å². The van der Waals surface area contributed by atoms with Gasteiger partial charge in [0.05, 0.1) is 12.3 Å². The molecule has 1 fully saturated rings. The van der Waals surface area contributed by atoms with Crippen molar-refractivity contribution in [2.24, 2.45) is 0 Å². The van der Waals surface area contributed by atoms with Crippen LogP contribution in [0, 0.1) is 0 Å². The van der Waals surface area contributed by atoms with Crippen molar-refractivity contribution < 1.29 is 4.74 Å². The minimum atomic E-state index is -0.120. The molecule has 1 aromatic heterocycles. The minimum absolute atomic E-state index is 0.120. The molecular formula is C12H20N4O2. The molecule has 6 heteroatoms. The predicted molar refractivity (Wildman–Crippen MR) is 69.9 cm³/mol. The van der Waals surface area contributed by atoms with Crippen molar-refractivity contribution in [1.29, 1.82) is 0 Å². The Hall–Kier alpha value is -1.40. The van der Waals surface area contributed by atoms with Gasteiger partial charge < -0.3 is 14.5 Å². The summed E-state index contributed by atoms with van der Waals surface area (Å²) in [5.41, 5.74) is 0.555. The number of hydrogen-bond donors (Lipinski definition) is 1. The topological polar surface area (TPSA) is 61.5 Å². The summed E-state index contributed by atoms with van der Waals surface area (Å²) in [5.74, 6) is 0.658. The summed E-state index contributed by atoms with van der Waals surface area (Å²) in [7, 11) is 1.60. The number of ether oxygens (including phenoxy) is 1. The molecule has 1 saturated heterocycles. The second-order valence-corrected chi connectivity index (χ2v) is 4.41. The number of aromatic nitrogens is 2. The molecule has 1 aliphatic heterocycles. The molecule has 0 amide bonds. The molecule has 0 aliphatic carbocycles. The third-order valence-corrected chi connectivity index (χ3v) is 3.19. The summed E-state index contributed by atoms with van der Waals surface area (Å²) in [4.78, 5) is 23.3. The fourth-order valence-electron chi connectivity index (χ4n) is 2.14. The summed E-state index contributed by atoms with van der Waals surface area (Å²) in [5, 5.41) is 0. The Labute approximate surface area is 107 Å². The molecule has 1 aliphatic rings. The summed E-state index contributed by atoms with van der Waals surface area (Å²) in [6, 6.07) is 1.48.